The highest BCUT2D eigenvalue weighted by atomic mass is 19.1. The third kappa shape index (κ3) is 4.50. The zero-order chi connectivity index (χ0) is 13.7. The van der Waals surface area contributed by atoms with E-state index in [1.54, 1.807) is 6.07 Å². The summed E-state index contributed by atoms with van der Waals surface area (Å²) in [5.41, 5.74) is 0.620. The molecule has 1 aliphatic rings. The van der Waals surface area contributed by atoms with Gasteiger partial charge in [0, 0.05) is 18.2 Å². The lowest BCUT2D eigenvalue weighted by Crippen LogP contribution is -2.21. The number of phenols is 1. The Bertz CT molecular complexity index is 400. The van der Waals surface area contributed by atoms with Gasteiger partial charge in [-0.2, -0.15) is 0 Å². The minimum atomic E-state index is -0.334. The molecular weight excluding hydrogens is 241 g/mol. The molecule has 2 rings (SSSR count). The predicted octanol–water partition coefficient (Wildman–Crippen LogP) is 3.84. The fraction of sp³-hybridized carbons (Fsp3) is 0.625. The number of halogens is 1. The molecule has 0 unspecified atom stereocenters. The Labute approximate surface area is 115 Å². The van der Waals surface area contributed by atoms with Crippen molar-refractivity contribution in [2.45, 2.75) is 45.6 Å². The smallest absolute Gasteiger partial charge is 0.131 e. The predicted molar refractivity (Wildman–Crippen MR) is 75.5 cm³/mol. The Morgan fingerprint density at radius 1 is 1.26 bits per heavy atom. The van der Waals surface area contributed by atoms with Crippen LogP contribution >= 0.6 is 0 Å². The first-order chi connectivity index (χ1) is 9.15. The van der Waals surface area contributed by atoms with Crippen LogP contribution in [0, 0.1) is 17.7 Å². The molecule has 2 N–H and O–H groups in total. The van der Waals surface area contributed by atoms with E-state index >= 15 is 0 Å². The second kappa shape index (κ2) is 6.90. The fourth-order valence-corrected chi connectivity index (χ4v) is 2.83. The van der Waals surface area contributed by atoms with E-state index in [1.165, 1.54) is 44.2 Å². The van der Waals surface area contributed by atoms with Gasteiger partial charge in [-0.1, -0.05) is 38.7 Å². The van der Waals surface area contributed by atoms with Gasteiger partial charge < -0.3 is 10.4 Å². The summed E-state index contributed by atoms with van der Waals surface area (Å²) in [5.74, 6) is 1.39. The molecule has 0 aliphatic heterocycles. The lowest BCUT2D eigenvalue weighted by molar-refractivity contribution is 0.275. The molecule has 0 atom stereocenters. The zero-order valence-electron chi connectivity index (χ0n) is 11.7. The van der Waals surface area contributed by atoms with Gasteiger partial charge in [0.25, 0.3) is 0 Å². The van der Waals surface area contributed by atoms with Crippen molar-refractivity contribution in [1.29, 1.82) is 0 Å². The Balaban J connectivity index is 1.66. The van der Waals surface area contributed by atoms with Crippen LogP contribution in [0.1, 0.15) is 44.6 Å². The highest BCUT2D eigenvalue weighted by Crippen LogP contribution is 2.29. The van der Waals surface area contributed by atoms with Gasteiger partial charge >= 0.3 is 0 Å². The number of hydrogen-bond acceptors (Lipinski definition) is 2. The number of hydrogen-bond donors (Lipinski definition) is 2. The van der Waals surface area contributed by atoms with Crippen LogP contribution in [-0.4, -0.2) is 11.7 Å². The summed E-state index contributed by atoms with van der Waals surface area (Å²) in [4.78, 5) is 0. The Hall–Kier alpha value is -1.09. The molecule has 1 aliphatic carbocycles. The average molecular weight is 265 g/mol. The van der Waals surface area contributed by atoms with Gasteiger partial charge in [-0.25, -0.2) is 4.39 Å². The molecule has 1 fully saturated rings. The minimum Gasteiger partial charge on any atom is -0.508 e. The average Bonchev–Trinajstić information content (AvgIpc) is 2.39. The molecule has 0 bridgehead atoms. The molecule has 2 nitrogen and oxygen atoms in total. The van der Waals surface area contributed by atoms with Crippen LogP contribution in [0.5, 0.6) is 5.75 Å². The van der Waals surface area contributed by atoms with Gasteiger partial charge in [0.05, 0.1) is 0 Å². The molecule has 0 amide bonds. The third-order valence-electron chi connectivity index (χ3n) is 4.22. The second-order valence-electron chi connectivity index (χ2n) is 5.87. The molecule has 0 aromatic heterocycles. The van der Waals surface area contributed by atoms with E-state index in [4.69, 9.17) is 5.11 Å². The number of nitrogens with one attached hydrogen (secondary N) is 1. The maximum atomic E-state index is 13.5. The minimum absolute atomic E-state index is 0.0161. The van der Waals surface area contributed by atoms with Gasteiger partial charge in [0.2, 0.25) is 0 Å². The van der Waals surface area contributed by atoms with Crippen LogP contribution in [0.2, 0.25) is 0 Å². The normalized spacial score (nSPS) is 23.5. The molecule has 19 heavy (non-hydrogen) atoms. The fourth-order valence-electron chi connectivity index (χ4n) is 2.83. The second-order valence-corrected chi connectivity index (χ2v) is 5.87. The molecule has 106 valence electrons. The van der Waals surface area contributed by atoms with E-state index in [9.17, 15) is 4.39 Å². The topological polar surface area (TPSA) is 32.3 Å². The highest BCUT2D eigenvalue weighted by molar-refractivity contribution is 5.27. The van der Waals surface area contributed by atoms with E-state index in [2.05, 4.69) is 12.2 Å². The summed E-state index contributed by atoms with van der Waals surface area (Å²) in [7, 11) is 0. The molecule has 0 radical (unpaired) electrons. The summed E-state index contributed by atoms with van der Waals surface area (Å²) < 4.78 is 13.5. The lowest BCUT2D eigenvalue weighted by atomic mass is 9.81. The number of rotatable bonds is 5. The standard InChI is InChI=1S/C16H24FNO/c1-12-2-4-13(5-3-12)8-9-18-11-14-6-7-15(19)10-16(14)17/h6-7,10,12-13,18-19H,2-5,8-9,11H2,1H3. The van der Waals surface area contributed by atoms with Gasteiger partial charge in [0.15, 0.2) is 0 Å². The first-order valence-electron chi connectivity index (χ1n) is 7.33. The summed E-state index contributed by atoms with van der Waals surface area (Å²) in [6, 6.07) is 4.34. The van der Waals surface area contributed by atoms with Crippen LogP contribution < -0.4 is 5.32 Å². The molecule has 1 aromatic carbocycles. The van der Waals surface area contributed by atoms with Gasteiger partial charge in [0.1, 0.15) is 11.6 Å². The van der Waals surface area contributed by atoms with Gasteiger partial charge in [-0.15, -0.1) is 0 Å². The molecule has 1 aromatic rings. The van der Waals surface area contributed by atoms with Crippen molar-refractivity contribution >= 4 is 0 Å². The van der Waals surface area contributed by atoms with Crippen LogP contribution in [0.3, 0.4) is 0 Å². The lowest BCUT2D eigenvalue weighted by Gasteiger charge is -2.26. The molecule has 1 saturated carbocycles. The Morgan fingerprint density at radius 3 is 2.68 bits per heavy atom. The van der Waals surface area contributed by atoms with Crippen molar-refractivity contribution in [1.82, 2.24) is 5.32 Å². The van der Waals surface area contributed by atoms with E-state index in [1.807, 2.05) is 0 Å². The first-order valence-corrected chi connectivity index (χ1v) is 7.33. The van der Waals surface area contributed by atoms with Crippen molar-refractivity contribution in [3.63, 3.8) is 0 Å². The van der Waals surface area contributed by atoms with Crippen molar-refractivity contribution in [3.8, 4) is 5.75 Å². The Morgan fingerprint density at radius 2 is 2.00 bits per heavy atom. The summed E-state index contributed by atoms with van der Waals surface area (Å²) in [5, 5.41) is 12.4. The quantitative estimate of drug-likeness (QED) is 0.793. The van der Waals surface area contributed by atoms with Crippen molar-refractivity contribution in [2.75, 3.05) is 6.54 Å². The molecule has 0 saturated heterocycles. The summed E-state index contributed by atoms with van der Waals surface area (Å²) in [6.07, 6.45) is 6.59. The first kappa shape index (κ1) is 14.3. The summed E-state index contributed by atoms with van der Waals surface area (Å²) in [6.45, 7) is 3.82. The maximum absolute atomic E-state index is 13.5. The van der Waals surface area contributed by atoms with Crippen LogP contribution in [0.4, 0.5) is 4.39 Å². The third-order valence-corrected chi connectivity index (χ3v) is 4.22. The Kier molecular flexibility index (Phi) is 5.20. The van der Waals surface area contributed by atoms with E-state index in [-0.39, 0.29) is 11.6 Å². The van der Waals surface area contributed by atoms with E-state index < -0.39 is 0 Å². The van der Waals surface area contributed by atoms with E-state index in [0.29, 0.717) is 12.1 Å². The largest absolute Gasteiger partial charge is 0.508 e. The van der Waals surface area contributed by atoms with Crippen LogP contribution in [0.25, 0.3) is 0 Å². The maximum Gasteiger partial charge on any atom is 0.131 e. The van der Waals surface area contributed by atoms with Crippen molar-refractivity contribution in [2.24, 2.45) is 11.8 Å². The number of aromatic hydroxyl groups is 1. The van der Waals surface area contributed by atoms with Crippen molar-refractivity contribution < 1.29 is 9.50 Å². The molecular formula is C16H24FNO. The number of benzene rings is 1. The van der Waals surface area contributed by atoms with Gasteiger partial charge in [-0.3, -0.25) is 0 Å². The molecule has 0 heterocycles. The SMILES string of the molecule is CC1CCC(CCNCc2ccc(O)cc2F)CC1. The van der Waals surface area contributed by atoms with E-state index in [0.717, 1.165) is 18.4 Å². The van der Waals surface area contributed by atoms with Crippen molar-refractivity contribution in [3.05, 3.63) is 29.6 Å². The number of phenolic OH excluding ortho intramolecular Hbond substituents is 1. The molecule has 3 heteroatoms. The monoisotopic (exact) mass is 265 g/mol. The van der Waals surface area contributed by atoms with Crippen LogP contribution in [0.15, 0.2) is 18.2 Å². The summed E-state index contributed by atoms with van der Waals surface area (Å²) >= 11 is 0. The molecule has 0 spiro atoms. The highest BCUT2D eigenvalue weighted by Gasteiger charge is 2.17. The zero-order valence-corrected chi connectivity index (χ0v) is 11.7. The van der Waals surface area contributed by atoms with Gasteiger partial charge in [-0.05, 0) is 30.9 Å². The van der Waals surface area contributed by atoms with Crippen LogP contribution in [-0.2, 0) is 6.54 Å².